The highest BCUT2D eigenvalue weighted by atomic mass is 16.4. The van der Waals surface area contributed by atoms with Gasteiger partial charge in [0.1, 0.15) is 5.76 Å². The lowest BCUT2D eigenvalue weighted by Crippen LogP contribution is -2.15. The van der Waals surface area contributed by atoms with Crippen LogP contribution in [-0.4, -0.2) is 41.7 Å². The van der Waals surface area contributed by atoms with E-state index in [1.54, 1.807) is 6.20 Å². The van der Waals surface area contributed by atoms with Crippen LogP contribution in [0.1, 0.15) is 30.9 Å². The molecule has 4 nitrogen and oxygen atoms in total. The molecule has 16 heavy (non-hydrogen) atoms. The van der Waals surface area contributed by atoms with Crippen LogP contribution in [0.2, 0.25) is 0 Å². The highest BCUT2D eigenvalue weighted by Gasteiger charge is 2.22. The Hall–Kier alpha value is -0.870. The Morgan fingerprint density at radius 1 is 1.69 bits per heavy atom. The van der Waals surface area contributed by atoms with Gasteiger partial charge in [-0.3, -0.25) is 0 Å². The maximum atomic E-state index is 9.02. The van der Waals surface area contributed by atoms with Crippen molar-refractivity contribution >= 4 is 0 Å². The average Bonchev–Trinajstić information content (AvgIpc) is 2.87. The van der Waals surface area contributed by atoms with Gasteiger partial charge in [0, 0.05) is 18.9 Å². The number of aromatic nitrogens is 1. The second kappa shape index (κ2) is 4.97. The largest absolute Gasteiger partial charge is 0.445 e. The van der Waals surface area contributed by atoms with Gasteiger partial charge in [0.15, 0.2) is 5.89 Å². The van der Waals surface area contributed by atoms with Gasteiger partial charge in [-0.1, -0.05) is 6.92 Å². The van der Waals surface area contributed by atoms with E-state index in [2.05, 4.69) is 16.9 Å². The fourth-order valence-electron chi connectivity index (χ4n) is 2.18. The van der Waals surface area contributed by atoms with E-state index in [1.165, 1.54) is 13.0 Å². The summed E-state index contributed by atoms with van der Waals surface area (Å²) in [5.41, 5.74) is 0. The molecule has 0 amide bonds. The molecule has 0 aliphatic carbocycles. The number of nitrogens with zero attached hydrogens (tertiary/aromatic N) is 2. The average molecular weight is 224 g/mol. The summed E-state index contributed by atoms with van der Waals surface area (Å²) in [4.78, 5) is 6.62. The lowest BCUT2D eigenvalue weighted by molar-refractivity contribution is 0.254. The van der Waals surface area contributed by atoms with Crippen LogP contribution >= 0.6 is 0 Å². The lowest BCUT2D eigenvalue weighted by atomic mass is 10.1. The zero-order valence-electron chi connectivity index (χ0n) is 10.0. The van der Waals surface area contributed by atoms with E-state index < -0.39 is 0 Å². The molecule has 90 valence electrons. The van der Waals surface area contributed by atoms with Crippen LogP contribution < -0.4 is 0 Å². The van der Waals surface area contributed by atoms with Gasteiger partial charge in [0.2, 0.25) is 0 Å². The molecule has 1 aliphatic heterocycles. The molecule has 0 bridgehead atoms. The summed E-state index contributed by atoms with van der Waals surface area (Å²) < 4.78 is 5.64. The molecule has 1 aromatic heterocycles. The third-order valence-electron chi connectivity index (χ3n) is 3.28. The zero-order valence-corrected chi connectivity index (χ0v) is 10.0. The predicted molar refractivity (Wildman–Crippen MR) is 61.3 cm³/mol. The second-order valence-electron chi connectivity index (χ2n) is 4.86. The van der Waals surface area contributed by atoms with Crippen molar-refractivity contribution in [2.75, 3.05) is 26.7 Å². The fraction of sp³-hybridized carbons (Fsp3) is 0.750. The summed E-state index contributed by atoms with van der Waals surface area (Å²) in [6, 6.07) is 0. The highest BCUT2D eigenvalue weighted by molar-refractivity contribution is 5.01. The molecule has 1 N–H and O–H groups in total. The van der Waals surface area contributed by atoms with Gasteiger partial charge in [-0.2, -0.15) is 0 Å². The summed E-state index contributed by atoms with van der Waals surface area (Å²) in [6.45, 7) is 4.35. The fourth-order valence-corrected chi connectivity index (χ4v) is 2.18. The Bertz CT molecular complexity index is 338. The molecular weight excluding hydrogens is 204 g/mol. The molecule has 0 spiro atoms. The Labute approximate surface area is 96.3 Å². The summed E-state index contributed by atoms with van der Waals surface area (Å²) in [5.74, 6) is 2.33. The van der Waals surface area contributed by atoms with E-state index in [9.17, 15) is 0 Å². The molecule has 2 atom stereocenters. The molecule has 2 unspecified atom stereocenters. The van der Waals surface area contributed by atoms with Gasteiger partial charge in [0.05, 0.1) is 12.8 Å². The SMILES string of the molecule is CC(CO)c1cnc(CC2CCN(C)C2)o1. The maximum absolute atomic E-state index is 9.02. The Kier molecular flexibility index (Phi) is 3.61. The van der Waals surface area contributed by atoms with Crippen LogP contribution in [0.15, 0.2) is 10.6 Å². The number of hydrogen-bond donors (Lipinski definition) is 1. The minimum atomic E-state index is 0.0486. The summed E-state index contributed by atoms with van der Waals surface area (Å²) in [7, 11) is 2.15. The van der Waals surface area contributed by atoms with E-state index >= 15 is 0 Å². The van der Waals surface area contributed by atoms with Crippen molar-refractivity contribution in [2.45, 2.75) is 25.7 Å². The first-order chi connectivity index (χ1) is 7.69. The van der Waals surface area contributed by atoms with Crippen molar-refractivity contribution in [3.63, 3.8) is 0 Å². The molecule has 2 heterocycles. The number of rotatable bonds is 4. The lowest BCUT2D eigenvalue weighted by Gasteiger charge is -2.07. The van der Waals surface area contributed by atoms with Gasteiger partial charge < -0.3 is 14.4 Å². The summed E-state index contributed by atoms with van der Waals surface area (Å²) in [5, 5.41) is 9.02. The minimum absolute atomic E-state index is 0.0486. The maximum Gasteiger partial charge on any atom is 0.194 e. The van der Waals surface area contributed by atoms with Crippen LogP contribution in [0, 0.1) is 5.92 Å². The van der Waals surface area contributed by atoms with E-state index in [0.29, 0.717) is 5.92 Å². The molecule has 1 aliphatic rings. The first kappa shape index (κ1) is 11.6. The Morgan fingerprint density at radius 2 is 2.50 bits per heavy atom. The highest BCUT2D eigenvalue weighted by Crippen LogP contribution is 2.21. The number of likely N-dealkylation sites (tertiary alicyclic amines) is 1. The normalized spacial score (nSPS) is 23.8. The van der Waals surface area contributed by atoms with E-state index in [1.807, 2.05) is 6.92 Å². The molecule has 1 aromatic rings. The molecular formula is C12H20N2O2. The van der Waals surface area contributed by atoms with Crippen LogP contribution in [0.5, 0.6) is 0 Å². The first-order valence-electron chi connectivity index (χ1n) is 5.93. The number of aliphatic hydroxyl groups is 1. The van der Waals surface area contributed by atoms with Crippen molar-refractivity contribution in [3.05, 3.63) is 17.8 Å². The van der Waals surface area contributed by atoms with E-state index in [0.717, 1.165) is 24.6 Å². The third kappa shape index (κ3) is 2.62. The van der Waals surface area contributed by atoms with Crippen molar-refractivity contribution in [3.8, 4) is 0 Å². The van der Waals surface area contributed by atoms with E-state index in [-0.39, 0.29) is 12.5 Å². The standard InChI is InChI=1S/C12H20N2O2/c1-9(8-15)11-6-13-12(16-11)5-10-3-4-14(2)7-10/h6,9-10,15H,3-5,7-8H2,1-2H3. The second-order valence-corrected chi connectivity index (χ2v) is 4.86. The van der Waals surface area contributed by atoms with Gasteiger partial charge in [0.25, 0.3) is 0 Å². The molecule has 0 saturated carbocycles. The number of oxazole rings is 1. The summed E-state index contributed by atoms with van der Waals surface area (Å²) >= 11 is 0. The van der Waals surface area contributed by atoms with E-state index in [4.69, 9.17) is 9.52 Å². The molecule has 1 fully saturated rings. The smallest absolute Gasteiger partial charge is 0.194 e. The van der Waals surface area contributed by atoms with Gasteiger partial charge >= 0.3 is 0 Å². The van der Waals surface area contributed by atoms with Crippen LogP contribution in [-0.2, 0) is 6.42 Å². The molecule has 4 heteroatoms. The zero-order chi connectivity index (χ0) is 11.5. The quantitative estimate of drug-likeness (QED) is 0.836. The molecule has 2 rings (SSSR count). The topological polar surface area (TPSA) is 49.5 Å². The van der Waals surface area contributed by atoms with Gasteiger partial charge in [-0.15, -0.1) is 0 Å². The number of aliphatic hydroxyl groups excluding tert-OH is 1. The monoisotopic (exact) mass is 224 g/mol. The minimum Gasteiger partial charge on any atom is -0.445 e. The van der Waals surface area contributed by atoms with Crippen LogP contribution in [0.25, 0.3) is 0 Å². The molecule has 1 saturated heterocycles. The van der Waals surface area contributed by atoms with Gasteiger partial charge in [-0.25, -0.2) is 4.98 Å². The first-order valence-corrected chi connectivity index (χ1v) is 5.93. The van der Waals surface area contributed by atoms with Crippen LogP contribution in [0.3, 0.4) is 0 Å². The van der Waals surface area contributed by atoms with Crippen molar-refractivity contribution in [1.82, 2.24) is 9.88 Å². The number of hydrogen-bond acceptors (Lipinski definition) is 4. The van der Waals surface area contributed by atoms with Crippen molar-refractivity contribution in [1.29, 1.82) is 0 Å². The molecule has 0 radical (unpaired) electrons. The van der Waals surface area contributed by atoms with Crippen molar-refractivity contribution in [2.24, 2.45) is 5.92 Å². The van der Waals surface area contributed by atoms with Crippen LogP contribution in [0.4, 0.5) is 0 Å². The predicted octanol–water partition coefficient (Wildman–Crippen LogP) is 1.26. The molecule has 0 aromatic carbocycles. The summed E-state index contributed by atoms with van der Waals surface area (Å²) in [6.07, 6.45) is 3.89. The van der Waals surface area contributed by atoms with Crippen molar-refractivity contribution < 1.29 is 9.52 Å². The Balaban J connectivity index is 1.92. The Morgan fingerprint density at radius 3 is 3.12 bits per heavy atom. The van der Waals surface area contributed by atoms with Gasteiger partial charge in [-0.05, 0) is 25.9 Å². The third-order valence-corrected chi connectivity index (χ3v) is 3.28.